The van der Waals surface area contributed by atoms with E-state index in [1.54, 1.807) is 6.92 Å². The number of halogens is 1. The largest absolute Gasteiger partial charge is 0.368 e. The van der Waals surface area contributed by atoms with Crippen LogP contribution >= 0.6 is 0 Å². The smallest absolute Gasteiger partial charge is 0.257 e. The highest BCUT2D eigenvalue weighted by molar-refractivity contribution is 7.89. The molecule has 0 bridgehead atoms. The molecule has 1 unspecified atom stereocenters. The van der Waals surface area contributed by atoms with Crippen molar-refractivity contribution in [3.05, 3.63) is 53.6 Å². The number of sulfonamides is 1. The summed E-state index contributed by atoms with van der Waals surface area (Å²) in [5, 5.41) is 4.15. The Kier molecular flexibility index (Phi) is 4.46. The Bertz CT molecular complexity index is 1100. The van der Waals surface area contributed by atoms with Crippen LogP contribution in [-0.4, -0.2) is 35.8 Å². The van der Waals surface area contributed by atoms with E-state index in [0.29, 0.717) is 11.1 Å². The number of carbonyl (C=O) groups excluding carboxylic acids is 1. The third kappa shape index (κ3) is 3.04. The summed E-state index contributed by atoms with van der Waals surface area (Å²) in [4.78, 5) is 15.7. The molecule has 0 saturated heterocycles. The fourth-order valence-electron chi connectivity index (χ4n) is 2.60. The van der Waals surface area contributed by atoms with Gasteiger partial charge < -0.3 is 10.3 Å². The Morgan fingerprint density at radius 2 is 2.08 bits per heavy atom. The van der Waals surface area contributed by atoms with E-state index < -0.39 is 27.8 Å². The average molecular weight is 378 g/mol. The molecule has 3 rings (SSSR count). The molecule has 2 aromatic heterocycles. The summed E-state index contributed by atoms with van der Waals surface area (Å²) >= 11 is 0. The average Bonchev–Trinajstić information content (AvgIpc) is 2.95. The molecule has 2 N–H and O–H groups in total. The molecule has 0 fully saturated rings. The maximum atomic E-state index is 13.5. The van der Waals surface area contributed by atoms with Gasteiger partial charge in [-0.2, -0.15) is 4.31 Å². The standard InChI is InChI=1S/C16H15FN4O4S/c1-9-13-7-12(8-19-16(13)25-20-9)26(23,24)21(2)14(15(18)22)10-4-3-5-11(17)6-10/h3-8,14H,1-2H3,(H2,18,22). The highest BCUT2D eigenvalue weighted by atomic mass is 32.2. The monoisotopic (exact) mass is 378 g/mol. The number of hydrogen-bond donors (Lipinski definition) is 1. The molecule has 0 spiro atoms. The van der Waals surface area contributed by atoms with Gasteiger partial charge in [0.05, 0.1) is 17.3 Å². The van der Waals surface area contributed by atoms with E-state index in [0.717, 1.165) is 16.6 Å². The zero-order chi connectivity index (χ0) is 19.1. The number of rotatable bonds is 5. The second kappa shape index (κ2) is 6.46. The maximum absolute atomic E-state index is 13.5. The Morgan fingerprint density at radius 1 is 1.35 bits per heavy atom. The van der Waals surface area contributed by atoms with Crippen LogP contribution in [0.4, 0.5) is 4.39 Å². The molecule has 0 aliphatic heterocycles. The molecule has 26 heavy (non-hydrogen) atoms. The number of aromatic nitrogens is 2. The Hall–Kier alpha value is -2.85. The number of pyridine rings is 1. The van der Waals surface area contributed by atoms with Gasteiger partial charge in [0, 0.05) is 7.05 Å². The summed E-state index contributed by atoms with van der Waals surface area (Å²) in [6.07, 6.45) is 1.10. The Morgan fingerprint density at radius 3 is 2.73 bits per heavy atom. The molecular weight excluding hydrogens is 363 g/mol. The molecule has 1 aromatic carbocycles. The molecule has 0 aliphatic carbocycles. The van der Waals surface area contributed by atoms with Gasteiger partial charge in [-0.05, 0) is 30.7 Å². The normalized spacial score (nSPS) is 13.2. The highest BCUT2D eigenvalue weighted by Gasteiger charge is 2.33. The number of likely N-dealkylation sites (N-methyl/N-ethyl adjacent to an activating group) is 1. The van der Waals surface area contributed by atoms with Crippen LogP contribution in [0.5, 0.6) is 0 Å². The number of nitrogens with zero attached hydrogens (tertiary/aromatic N) is 3. The number of amides is 1. The van der Waals surface area contributed by atoms with Gasteiger partial charge in [-0.3, -0.25) is 4.79 Å². The lowest BCUT2D eigenvalue weighted by atomic mass is 10.1. The number of hydrogen-bond acceptors (Lipinski definition) is 6. The van der Waals surface area contributed by atoms with E-state index in [-0.39, 0.29) is 16.2 Å². The number of aryl methyl sites for hydroxylation is 1. The van der Waals surface area contributed by atoms with Gasteiger partial charge in [-0.15, -0.1) is 0 Å². The first-order valence-corrected chi connectivity index (χ1v) is 8.90. The summed E-state index contributed by atoms with van der Waals surface area (Å²) in [5.74, 6) is -1.54. The van der Waals surface area contributed by atoms with Crippen molar-refractivity contribution >= 4 is 27.0 Å². The molecule has 1 amide bonds. The first kappa shape index (κ1) is 18.0. The predicted octanol–water partition coefficient (Wildman–Crippen LogP) is 1.52. The van der Waals surface area contributed by atoms with Gasteiger partial charge in [-0.1, -0.05) is 17.3 Å². The molecule has 3 aromatic rings. The molecule has 8 nitrogen and oxygen atoms in total. The minimum atomic E-state index is -4.15. The van der Waals surface area contributed by atoms with Gasteiger partial charge >= 0.3 is 0 Å². The molecular formula is C16H15FN4O4S. The zero-order valence-corrected chi connectivity index (χ0v) is 14.7. The van der Waals surface area contributed by atoms with Gasteiger partial charge in [0.15, 0.2) is 0 Å². The third-order valence-corrected chi connectivity index (χ3v) is 5.75. The van der Waals surface area contributed by atoms with Crippen molar-refractivity contribution in [3.63, 3.8) is 0 Å². The number of carbonyl (C=O) groups is 1. The van der Waals surface area contributed by atoms with E-state index in [1.807, 2.05) is 0 Å². The lowest BCUT2D eigenvalue weighted by molar-refractivity contribution is -0.121. The maximum Gasteiger partial charge on any atom is 0.257 e. The van der Waals surface area contributed by atoms with Gasteiger partial charge in [-0.25, -0.2) is 17.8 Å². The first-order valence-electron chi connectivity index (χ1n) is 7.46. The molecule has 1 atom stereocenters. The van der Waals surface area contributed by atoms with Crippen LogP contribution < -0.4 is 5.73 Å². The summed E-state index contributed by atoms with van der Waals surface area (Å²) in [6, 6.07) is 5.01. The fourth-order valence-corrected chi connectivity index (χ4v) is 3.89. The van der Waals surface area contributed by atoms with Crippen LogP contribution in [0.25, 0.3) is 11.1 Å². The van der Waals surface area contributed by atoms with Crippen molar-refractivity contribution in [3.8, 4) is 0 Å². The first-order chi connectivity index (χ1) is 12.2. The van der Waals surface area contributed by atoms with Crippen molar-refractivity contribution < 1.29 is 22.1 Å². The second-order valence-corrected chi connectivity index (χ2v) is 7.67. The molecule has 10 heteroatoms. The van der Waals surface area contributed by atoms with Crippen molar-refractivity contribution in [2.75, 3.05) is 7.05 Å². The number of benzene rings is 1. The molecule has 0 saturated carbocycles. The molecule has 0 radical (unpaired) electrons. The second-order valence-electron chi connectivity index (χ2n) is 5.67. The quantitative estimate of drug-likeness (QED) is 0.719. The topological polar surface area (TPSA) is 119 Å². The van der Waals surface area contributed by atoms with Crippen LogP contribution in [0.2, 0.25) is 0 Å². The number of nitrogens with two attached hydrogens (primary N) is 1. The van der Waals surface area contributed by atoms with Crippen LogP contribution in [0, 0.1) is 12.7 Å². The summed E-state index contributed by atoms with van der Waals surface area (Å²) in [5.41, 5.74) is 6.18. The van der Waals surface area contributed by atoms with Crippen LogP contribution in [-0.2, 0) is 14.8 Å². The molecule has 136 valence electrons. The Labute approximate surface area is 148 Å². The van der Waals surface area contributed by atoms with Gasteiger partial charge in [0.2, 0.25) is 15.9 Å². The predicted molar refractivity (Wildman–Crippen MR) is 89.8 cm³/mol. The van der Waals surface area contributed by atoms with E-state index in [2.05, 4.69) is 10.1 Å². The van der Waals surface area contributed by atoms with Crippen molar-refractivity contribution in [1.29, 1.82) is 0 Å². The van der Waals surface area contributed by atoms with Crippen LogP contribution in [0.3, 0.4) is 0 Å². The molecule has 2 heterocycles. The minimum Gasteiger partial charge on any atom is -0.368 e. The van der Waals surface area contributed by atoms with Crippen molar-refractivity contribution in [1.82, 2.24) is 14.4 Å². The van der Waals surface area contributed by atoms with E-state index in [1.165, 1.54) is 31.3 Å². The van der Waals surface area contributed by atoms with Crippen LogP contribution in [0.1, 0.15) is 17.3 Å². The molecule has 0 aliphatic rings. The number of primary amides is 1. The van der Waals surface area contributed by atoms with E-state index >= 15 is 0 Å². The summed E-state index contributed by atoms with van der Waals surface area (Å²) < 4.78 is 45.2. The summed E-state index contributed by atoms with van der Waals surface area (Å²) in [6.45, 7) is 1.65. The SMILES string of the molecule is Cc1noc2ncc(S(=O)(=O)N(C)C(C(N)=O)c3cccc(F)c3)cc12. The van der Waals surface area contributed by atoms with Crippen molar-refractivity contribution in [2.45, 2.75) is 17.9 Å². The lowest BCUT2D eigenvalue weighted by Gasteiger charge is -2.25. The van der Waals surface area contributed by atoms with Gasteiger partial charge in [0.1, 0.15) is 16.8 Å². The lowest BCUT2D eigenvalue weighted by Crippen LogP contribution is -2.39. The number of fused-ring (bicyclic) bond motifs is 1. The van der Waals surface area contributed by atoms with E-state index in [4.69, 9.17) is 10.3 Å². The zero-order valence-electron chi connectivity index (χ0n) is 13.9. The van der Waals surface area contributed by atoms with Gasteiger partial charge in [0.25, 0.3) is 5.71 Å². The third-order valence-electron chi connectivity index (χ3n) is 3.96. The fraction of sp³-hybridized carbons (Fsp3) is 0.188. The van der Waals surface area contributed by atoms with E-state index in [9.17, 15) is 17.6 Å². The minimum absolute atomic E-state index is 0.124. The summed E-state index contributed by atoms with van der Waals surface area (Å²) in [7, 11) is -2.96. The Balaban J connectivity index is 2.08. The van der Waals surface area contributed by atoms with Crippen LogP contribution in [0.15, 0.2) is 45.9 Å². The van der Waals surface area contributed by atoms with Crippen molar-refractivity contribution in [2.24, 2.45) is 5.73 Å². The highest BCUT2D eigenvalue weighted by Crippen LogP contribution is 2.28.